The van der Waals surface area contributed by atoms with Crippen molar-refractivity contribution in [3.63, 3.8) is 0 Å². The average molecular weight is 294 g/mol. The van der Waals surface area contributed by atoms with Gasteiger partial charge in [0.2, 0.25) is 0 Å². The number of nitrogens with zero attached hydrogens (tertiary/aromatic N) is 1. The molecule has 21 heavy (non-hydrogen) atoms. The molecule has 0 unspecified atom stereocenters. The zero-order valence-corrected chi connectivity index (χ0v) is 12.1. The molecule has 0 saturated carbocycles. The lowest BCUT2D eigenvalue weighted by molar-refractivity contribution is -0.379. The summed E-state index contributed by atoms with van der Waals surface area (Å²) in [6.07, 6.45) is 0. The predicted octanol–water partition coefficient (Wildman–Crippen LogP) is -0.304. The van der Waals surface area contributed by atoms with Gasteiger partial charge in [0.25, 0.3) is 5.69 Å². The van der Waals surface area contributed by atoms with Gasteiger partial charge in [0.1, 0.15) is 5.56 Å². The highest BCUT2D eigenvalue weighted by Gasteiger charge is 2.18. The Balaban J connectivity index is 1.93. The van der Waals surface area contributed by atoms with Crippen LogP contribution in [0.3, 0.4) is 0 Å². The molecular formula is C14H20N3O4+. The van der Waals surface area contributed by atoms with Crippen LogP contribution in [-0.2, 0) is 9.47 Å². The van der Waals surface area contributed by atoms with Crippen LogP contribution >= 0.6 is 0 Å². The summed E-state index contributed by atoms with van der Waals surface area (Å²) in [5.41, 5.74) is 1.21. The van der Waals surface area contributed by atoms with Crippen LogP contribution in [0.25, 0.3) is 0 Å². The molecule has 7 nitrogen and oxygen atoms in total. The highest BCUT2D eigenvalue weighted by molar-refractivity contribution is 5.94. The predicted molar refractivity (Wildman–Crippen MR) is 77.5 cm³/mol. The SMILES string of the molecule is COC(=O)c1cc(NCCN2CCOCC2)ccc1[NH+]=O. The second-order valence-corrected chi connectivity index (χ2v) is 4.73. The molecule has 2 rings (SSSR count). The van der Waals surface area contributed by atoms with Crippen LogP contribution in [0.2, 0.25) is 0 Å². The number of nitroso groups, excluding NO2 is 1. The standard InChI is InChI=1S/C14H19N3O4/c1-20-14(18)12-10-11(2-3-13(12)16-19)15-4-5-17-6-8-21-9-7-17/h2-3,10,15H,4-9H2,1H3/p+1. The van der Waals surface area contributed by atoms with Crippen molar-refractivity contribution in [2.75, 3.05) is 51.8 Å². The lowest BCUT2D eigenvalue weighted by atomic mass is 10.1. The van der Waals surface area contributed by atoms with Crippen LogP contribution in [0.4, 0.5) is 11.4 Å². The Bertz CT molecular complexity index is 501. The van der Waals surface area contributed by atoms with E-state index in [9.17, 15) is 9.70 Å². The van der Waals surface area contributed by atoms with Crippen LogP contribution < -0.4 is 10.5 Å². The second kappa shape index (κ2) is 7.70. The monoisotopic (exact) mass is 294 g/mol. The van der Waals surface area contributed by atoms with Crippen molar-refractivity contribution in [2.45, 2.75) is 0 Å². The van der Waals surface area contributed by atoms with Crippen LogP contribution in [0, 0.1) is 4.91 Å². The molecule has 1 aliphatic rings. The zero-order chi connectivity index (χ0) is 15.1. The fourth-order valence-electron chi connectivity index (χ4n) is 2.21. The third-order valence-corrected chi connectivity index (χ3v) is 3.40. The van der Waals surface area contributed by atoms with E-state index in [-0.39, 0.29) is 11.3 Å². The molecule has 1 aliphatic heterocycles. The number of esters is 1. The summed E-state index contributed by atoms with van der Waals surface area (Å²) >= 11 is 0. The van der Waals surface area contributed by atoms with E-state index in [2.05, 4.69) is 15.0 Å². The molecular weight excluding hydrogens is 274 g/mol. The van der Waals surface area contributed by atoms with Gasteiger partial charge in [-0.15, -0.1) is 0 Å². The Morgan fingerprint density at radius 2 is 2.19 bits per heavy atom. The van der Waals surface area contributed by atoms with Crippen LogP contribution in [0.15, 0.2) is 18.2 Å². The number of carbonyl (C=O) groups excluding carboxylic acids is 1. The molecule has 114 valence electrons. The van der Waals surface area contributed by atoms with Gasteiger partial charge in [-0.05, 0) is 12.1 Å². The first-order chi connectivity index (χ1) is 10.2. The summed E-state index contributed by atoms with van der Waals surface area (Å²) in [7, 11) is 1.29. The number of benzene rings is 1. The third kappa shape index (κ3) is 4.24. The lowest BCUT2D eigenvalue weighted by Gasteiger charge is -2.26. The van der Waals surface area contributed by atoms with E-state index in [0.717, 1.165) is 45.1 Å². The van der Waals surface area contributed by atoms with E-state index < -0.39 is 5.97 Å². The van der Waals surface area contributed by atoms with Crippen molar-refractivity contribution in [3.8, 4) is 0 Å². The van der Waals surface area contributed by atoms with Gasteiger partial charge in [-0.1, -0.05) is 0 Å². The minimum Gasteiger partial charge on any atom is -0.465 e. The summed E-state index contributed by atoms with van der Waals surface area (Å²) in [6, 6.07) is 4.94. The Hall–Kier alpha value is -1.99. The van der Waals surface area contributed by atoms with Gasteiger partial charge in [-0.25, -0.2) is 4.79 Å². The number of carbonyl (C=O) groups is 1. The van der Waals surface area contributed by atoms with E-state index in [0.29, 0.717) is 0 Å². The molecule has 2 N–H and O–H groups in total. The second-order valence-electron chi connectivity index (χ2n) is 4.73. The van der Waals surface area contributed by atoms with E-state index in [1.165, 1.54) is 7.11 Å². The highest BCUT2D eigenvalue weighted by atomic mass is 16.5. The van der Waals surface area contributed by atoms with Crippen molar-refractivity contribution >= 4 is 17.3 Å². The molecule has 0 amide bonds. The maximum atomic E-state index is 11.6. The maximum absolute atomic E-state index is 11.6. The third-order valence-electron chi connectivity index (χ3n) is 3.40. The average Bonchev–Trinajstić information content (AvgIpc) is 2.55. The van der Waals surface area contributed by atoms with Gasteiger partial charge in [0, 0.05) is 48.0 Å². The first kappa shape index (κ1) is 15.4. The lowest BCUT2D eigenvalue weighted by Crippen LogP contribution is -2.56. The minimum atomic E-state index is -0.537. The van der Waals surface area contributed by atoms with Gasteiger partial charge in [0.15, 0.2) is 0 Å². The number of morpholine rings is 1. The van der Waals surface area contributed by atoms with Crippen molar-refractivity contribution in [1.29, 1.82) is 0 Å². The number of anilines is 1. The molecule has 0 bridgehead atoms. The summed E-state index contributed by atoms with van der Waals surface area (Å²) in [5.74, 6) is -0.537. The van der Waals surface area contributed by atoms with Gasteiger partial charge in [-0.3, -0.25) is 4.90 Å². The van der Waals surface area contributed by atoms with Crippen molar-refractivity contribution in [3.05, 3.63) is 28.7 Å². The van der Waals surface area contributed by atoms with Gasteiger partial charge in [0.05, 0.1) is 20.3 Å². The number of rotatable bonds is 6. The fourth-order valence-corrected chi connectivity index (χ4v) is 2.21. The molecule has 0 atom stereocenters. The molecule has 1 saturated heterocycles. The maximum Gasteiger partial charge on any atom is 0.344 e. The molecule has 7 heteroatoms. The Labute approximate surface area is 123 Å². The minimum absolute atomic E-state index is 0.209. The largest absolute Gasteiger partial charge is 0.465 e. The van der Waals surface area contributed by atoms with Crippen LogP contribution in [0.5, 0.6) is 0 Å². The Morgan fingerprint density at radius 3 is 2.86 bits per heavy atom. The number of nitrogens with one attached hydrogen (secondary N) is 2. The number of ether oxygens (including phenoxy) is 2. The molecule has 0 radical (unpaired) electrons. The summed E-state index contributed by atoms with van der Waals surface area (Å²) in [6.45, 7) is 5.08. The summed E-state index contributed by atoms with van der Waals surface area (Å²) in [4.78, 5) is 24.7. The smallest absolute Gasteiger partial charge is 0.344 e. The normalized spacial score (nSPS) is 15.5. The molecule has 0 spiro atoms. The highest BCUT2D eigenvalue weighted by Crippen LogP contribution is 2.17. The summed E-state index contributed by atoms with van der Waals surface area (Å²) < 4.78 is 9.96. The topological polar surface area (TPSA) is 81.8 Å². The quantitative estimate of drug-likeness (QED) is 0.701. The molecule has 1 aromatic carbocycles. The molecule has 1 fully saturated rings. The zero-order valence-electron chi connectivity index (χ0n) is 12.1. The first-order valence-electron chi connectivity index (χ1n) is 6.89. The number of hydrogen-bond donors (Lipinski definition) is 2. The number of hydrogen-bond acceptors (Lipinski definition) is 6. The van der Waals surface area contributed by atoms with Gasteiger partial charge < -0.3 is 14.8 Å². The van der Waals surface area contributed by atoms with Crippen molar-refractivity contribution < 1.29 is 19.4 Å². The van der Waals surface area contributed by atoms with E-state index in [1.54, 1.807) is 23.4 Å². The van der Waals surface area contributed by atoms with Crippen molar-refractivity contribution in [1.82, 2.24) is 4.90 Å². The molecule has 1 aromatic rings. The van der Waals surface area contributed by atoms with Crippen molar-refractivity contribution in [2.24, 2.45) is 0 Å². The van der Waals surface area contributed by atoms with E-state index >= 15 is 0 Å². The molecule has 1 heterocycles. The first-order valence-corrected chi connectivity index (χ1v) is 6.89. The molecule has 0 aromatic heterocycles. The number of methoxy groups -OCH3 is 1. The van der Waals surface area contributed by atoms with Gasteiger partial charge in [-0.2, -0.15) is 0 Å². The Morgan fingerprint density at radius 1 is 1.43 bits per heavy atom. The Kier molecular flexibility index (Phi) is 5.65. The fraction of sp³-hybridized carbons (Fsp3) is 0.500. The van der Waals surface area contributed by atoms with Crippen LogP contribution in [-0.4, -0.2) is 57.4 Å². The molecule has 0 aliphatic carbocycles. The summed E-state index contributed by atoms with van der Waals surface area (Å²) in [5, 5.41) is 4.99. The van der Waals surface area contributed by atoms with E-state index in [1.807, 2.05) is 0 Å². The van der Waals surface area contributed by atoms with Crippen LogP contribution in [0.1, 0.15) is 10.4 Å². The van der Waals surface area contributed by atoms with Gasteiger partial charge >= 0.3 is 5.97 Å². The van der Waals surface area contributed by atoms with E-state index in [4.69, 9.17) is 4.74 Å².